The number of nitrogens with two attached hydrogens (primary N) is 1. The molecule has 0 spiro atoms. The molecule has 12 heteroatoms. The SMILES string of the molecule is COc1ccc(CC(=O)NC(N)=N[C@H](Cc2ccccc2)C(=O)CC2CCC(C(C)(C)C)CC2)cc1OC.O=C(O)C(F)(F)F. The van der Waals surface area contributed by atoms with Gasteiger partial charge in [0.25, 0.3) is 0 Å². The van der Waals surface area contributed by atoms with Crippen molar-refractivity contribution in [2.45, 2.75) is 77.9 Å². The van der Waals surface area contributed by atoms with Crippen LogP contribution < -0.4 is 20.5 Å². The van der Waals surface area contributed by atoms with Crippen LogP contribution >= 0.6 is 0 Å². The van der Waals surface area contributed by atoms with Crippen LogP contribution in [0.5, 0.6) is 11.5 Å². The summed E-state index contributed by atoms with van der Waals surface area (Å²) >= 11 is 0. The van der Waals surface area contributed by atoms with Crippen molar-refractivity contribution in [2.24, 2.45) is 28.0 Å². The number of aliphatic imine (C=N–C) groups is 1. The fourth-order valence-electron chi connectivity index (χ4n) is 5.29. The van der Waals surface area contributed by atoms with Crippen LogP contribution in [-0.4, -0.2) is 55.2 Å². The smallest absolute Gasteiger partial charge is 0.490 e. The minimum atomic E-state index is -5.08. The van der Waals surface area contributed by atoms with Gasteiger partial charge in [0.05, 0.1) is 20.6 Å². The summed E-state index contributed by atoms with van der Waals surface area (Å²) in [6.07, 6.45) is 0.379. The third-order valence-corrected chi connectivity index (χ3v) is 7.82. The lowest BCUT2D eigenvalue weighted by Gasteiger charge is -2.37. The van der Waals surface area contributed by atoms with E-state index in [0.29, 0.717) is 41.6 Å². The van der Waals surface area contributed by atoms with Crippen LogP contribution in [0.2, 0.25) is 0 Å². The lowest BCUT2D eigenvalue weighted by Crippen LogP contribution is -2.40. The third kappa shape index (κ3) is 12.8. The van der Waals surface area contributed by atoms with Crippen LogP contribution in [0, 0.1) is 17.3 Å². The minimum absolute atomic E-state index is 0.0406. The highest BCUT2D eigenvalue weighted by molar-refractivity contribution is 5.98. The number of carbonyl (C=O) groups is 3. The van der Waals surface area contributed by atoms with E-state index in [9.17, 15) is 22.8 Å². The van der Waals surface area contributed by atoms with Crippen molar-refractivity contribution in [1.82, 2.24) is 5.32 Å². The zero-order valence-corrected chi connectivity index (χ0v) is 26.4. The van der Waals surface area contributed by atoms with E-state index in [1.165, 1.54) is 0 Å². The first-order valence-electron chi connectivity index (χ1n) is 14.7. The summed E-state index contributed by atoms with van der Waals surface area (Å²) in [5, 5.41) is 9.78. The molecule has 0 aliphatic heterocycles. The molecule has 45 heavy (non-hydrogen) atoms. The van der Waals surface area contributed by atoms with Gasteiger partial charge in [0.15, 0.2) is 23.2 Å². The second-order valence-corrected chi connectivity index (χ2v) is 12.2. The highest BCUT2D eigenvalue weighted by Crippen LogP contribution is 2.41. The number of carboxylic acids is 1. The topological polar surface area (TPSA) is 140 Å². The van der Waals surface area contributed by atoms with E-state index < -0.39 is 18.2 Å². The van der Waals surface area contributed by atoms with Gasteiger partial charge < -0.3 is 20.3 Å². The molecule has 0 heterocycles. The van der Waals surface area contributed by atoms with Crippen molar-refractivity contribution in [1.29, 1.82) is 0 Å². The maximum Gasteiger partial charge on any atom is 0.490 e. The predicted molar refractivity (Wildman–Crippen MR) is 165 cm³/mol. The predicted octanol–water partition coefficient (Wildman–Crippen LogP) is 5.73. The number of nitrogens with one attached hydrogen (secondary N) is 1. The summed E-state index contributed by atoms with van der Waals surface area (Å²) in [7, 11) is 3.11. The van der Waals surface area contributed by atoms with E-state index in [4.69, 9.17) is 25.1 Å². The van der Waals surface area contributed by atoms with Gasteiger partial charge in [-0.05, 0) is 66.2 Å². The number of ketones is 1. The summed E-state index contributed by atoms with van der Waals surface area (Å²) in [6, 6.07) is 14.5. The van der Waals surface area contributed by atoms with Gasteiger partial charge in [0.2, 0.25) is 5.91 Å². The molecular formula is C33H44F3N3O6. The standard InChI is InChI=1S/C31H43N3O4.C2HF3O2/c1-31(2,3)24-14-11-22(12-15-24)18-26(35)25(17-21-9-7-6-8-10-21)33-30(32)34-29(36)20-23-13-16-27(37-4)28(19-23)38-5;3-2(4,5)1(6)7/h6-10,13,16,19,22,24-25H,11-12,14-15,17-18,20H2,1-5H3,(H3,32,33,34,36);(H,6,7)/t22?,24?,25-;/m1./s1. The Kier molecular flexibility index (Phi) is 13.9. The number of carboxylic acid groups (broad SMARTS) is 1. The molecule has 1 fully saturated rings. The van der Waals surface area contributed by atoms with Gasteiger partial charge in [0, 0.05) is 12.8 Å². The molecule has 1 amide bonds. The molecule has 2 aromatic rings. The zero-order chi connectivity index (χ0) is 33.8. The van der Waals surface area contributed by atoms with Gasteiger partial charge in [-0.1, -0.05) is 57.2 Å². The van der Waals surface area contributed by atoms with Crippen LogP contribution in [0.25, 0.3) is 0 Å². The largest absolute Gasteiger partial charge is 0.493 e. The first-order valence-corrected chi connectivity index (χ1v) is 14.7. The number of benzene rings is 2. The first kappa shape index (κ1) is 37.1. The van der Waals surface area contributed by atoms with Crippen LogP contribution in [0.15, 0.2) is 53.5 Å². The normalized spacial score (nSPS) is 17.7. The quantitative estimate of drug-likeness (QED) is 0.224. The number of rotatable bonds is 10. The number of ether oxygens (including phenoxy) is 2. The Morgan fingerprint density at radius 2 is 1.53 bits per heavy atom. The molecule has 1 aliphatic rings. The molecule has 1 saturated carbocycles. The molecule has 0 aromatic heterocycles. The molecule has 9 nitrogen and oxygen atoms in total. The summed E-state index contributed by atoms with van der Waals surface area (Å²) in [4.78, 5) is 39.5. The number of Topliss-reactive ketones (excluding diaryl/α,β-unsaturated/α-hetero) is 1. The molecule has 0 saturated heterocycles. The average molecular weight is 636 g/mol. The maximum absolute atomic E-state index is 13.4. The summed E-state index contributed by atoms with van der Waals surface area (Å²) in [5.74, 6) is -0.834. The zero-order valence-electron chi connectivity index (χ0n) is 26.4. The molecule has 0 bridgehead atoms. The number of halogens is 3. The molecule has 248 valence electrons. The summed E-state index contributed by atoms with van der Waals surface area (Å²) < 4.78 is 42.3. The van der Waals surface area contributed by atoms with Gasteiger partial charge in [0.1, 0.15) is 6.04 Å². The Morgan fingerprint density at radius 3 is 2.04 bits per heavy atom. The number of guanidine groups is 1. The second-order valence-electron chi connectivity index (χ2n) is 12.2. The summed E-state index contributed by atoms with van der Waals surface area (Å²) in [5.41, 5.74) is 8.20. The molecule has 1 aliphatic carbocycles. The number of hydrogen-bond acceptors (Lipinski definition) is 6. The van der Waals surface area contributed by atoms with Gasteiger partial charge in [-0.25, -0.2) is 9.79 Å². The van der Waals surface area contributed by atoms with Gasteiger partial charge >= 0.3 is 12.1 Å². The minimum Gasteiger partial charge on any atom is -0.493 e. The Balaban J connectivity index is 0.000000900. The lowest BCUT2D eigenvalue weighted by atomic mass is 9.69. The molecule has 4 N–H and O–H groups in total. The Labute approximate surface area is 262 Å². The van der Waals surface area contributed by atoms with E-state index in [1.807, 2.05) is 30.3 Å². The monoisotopic (exact) mass is 635 g/mol. The van der Waals surface area contributed by atoms with E-state index in [-0.39, 0.29) is 24.1 Å². The maximum atomic E-state index is 13.4. The number of methoxy groups -OCH3 is 2. The van der Waals surface area contributed by atoms with Crippen molar-refractivity contribution < 1.29 is 42.1 Å². The Morgan fingerprint density at radius 1 is 0.956 bits per heavy atom. The lowest BCUT2D eigenvalue weighted by molar-refractivity contribution is -0.192. The highest BCUT2D eigenvalue weighted by atomic mass is 19.4. The molecule has 3 rings (SSSR count). The number of carbonyl (C=O) groups excluding carboxylic acids is 2. The van der Waals surface area contributed by atoms with E-state index in [2.05, 4.69) is 31.1 Å². The van der Waals surface area contributed by atoms with E-state index in [0.717, 1.165) is 36.8 Å². The number of amides is 1. The van der Waals surface area contributed by atoms with Crippen molar-refractivity contribution >= 4 is 23.6 Å². The fourth-order valence-corrected chi connectivity index (χ4v) is 5.29. The van der Waals surface area contributed by atoms with Crippen LogP contribution in [-0.2, 0) is 27.2 Å². The van der Waals surface area contributed by atoms with Crippen LogP contribution in [0.3, 0.4) is 0 Å². The Hall–Kier alpha value is -4.09. The molecule has 0 radical (unpaired) electrons. The van der Waals surface area contributed by atoms with Gasteiger partial charge in [-0.2, -0.15) is 13.2 Å². The number of hydrogen-bond donors (Lipinski definition) is 3. The molecular weight excluding hydrogens is 591 g/mol. The second kappa shape index (κ2) is 16.8. The number of aliphatic carboxylic acids is 1. The number of nitrogens with zero attached hydrogens (tertiary/aromatic N) is 1. The van der Waals surface area contributed by atoms with Crippen molar-refractivity contribution in [3.05, 3.63) is 59.7 Å². The molecule has 1 atom stereocenters. The van der Waals surface area contributed by atoms with Crippen molar-refractivity contribution in [2.75, 3.05) is 14.2 Å². The molecule has 2 aromatic carbocycles. The van der Waals surface area contributed by atoms with Gasteiger partial charge in [-0.15, -0.1) is 0 Å². The fraction of sp³-hybridized carbons (Fsp3) is 0.515. The average Bonchev–Trinajstić information content (AvgIpc) is 2.96. The highest BCUT2D eigenvalue weighted by Gasteiger charge is 2.38. The number of alkyl halides is 3. The Bertz CT molecular complexity index is 1300. The third-order valence-electron chi connectivity index (χ3n) is 7.82. The summed E-state index contributed by atoms with van der Waals surface area (Å²) in [6.45, 7) is 6.90. The van der Waals surface area contributed by atoms with Gasteiger partial charge in [-0.3, -0.25) is 14.9 Å². The molecule has 0 unspecified atom stereocenters. The van der Waals surface area contributed by atoms with Crippen LogP contribution in [0.4, 0.5) is 13.2 Å². The van der Waals surface area contributed by atoms with E-state index in [1.54, 1.807) is 32.4 Å². The first-order chi connectivity index (χ1) is 21.0. The van der Waals surface area contributed by atoms with Crippen LogP contribution in [0.1, 0.15) is 64.0 Å². The van der Waals surface area contributed by atoms with Crippen molar-refractivity contribution in [3.8, 4) is 11.5 Å². The van der Waals surface area contributed by atoms with E-state index >= 15 is 0 Å². The van der Waals surface area contributed by atoms with Crippen molar-refractivity contribution in [3.63, 3.8) is 0 Å².